The molecule has 0 fully saturated rings. The SMILES string of the molecule is CC([c-]1cccc1P(c1ccccc1)c1ccccc1)N(C)C.[Fe].c1ccc(P(c2ccccc2)[c-]2[cH-][cH-][cH-][cH-]2)cc1. The molecule has 0 aliphatic carbocycles. The molecule has 0 N–H and O–H groups in total. The van der Waals surface area contributed by atoms with E-state index in [1.165, 1.54) is 37.4 Å². The van der Waals surface area contributed by atoms with E-state index in [4.69, 9.17) is 0 Å². The molecule has 1 unspecified atom stereocenters. The Morgan fingerprint density at radius 2 is 0.976 bits per heavy atom. The molecule has 0 amide bonds. The van der Waals surface area contributed by atoms with Crippen LogP contribution in [0.5, 0.6) is 0 Å². The zero-order valence-electron chi connectivity index (χ0n) is 24.4. The minimum absolute atomic E-state index is 0. The van der Waals surface area contributed by atoms with Crippen molar-refractivity contribution in [2.45, 2.75) is 13.0 Å². The summed E-state index contributed by atoms with van der Waals surface area (Å²) in [6.45, 7) is 2.28. The Bertz CT molecular complexity index is 1490. The van der Waals surface area contributed by atoms with E-state index in [1.54, 1.807) is 0 Å². The van der Waals surface area contributed by atoms with Gasteiger partial charge in [-0.05, 0) is 38.7 Å². The van der Waals surface area contributed by atoms with Crippen molar-refractivity contribution in [3.63, 3.8) is 0 Å². The molecule has 0 bridgehead atoms. The van der Waals surface area contributed by atoms with Gasteiger partial charge in [0.25, 0.3) is 0 Å². The van der Waals surface area contributed by atoms with Crippen LogP contribution in [0.25, 0.3) is 0 Å². The Morgan fingerprint density at radius 3 is 1.38 bits per heavy atom. The van der Waals surface area contributed by atoms with Gasteiger partial charge in [-0.1, -0.05) is 139 Å². The fourth-order valence-electron chi connectivity index (χ4n) is 4.96. The summed E-state index contributed by atoms with van der Waals surface area (Å²) >= 11 is 0. The molecule has 0 aliphatic heterocycles. The summed E-state index contributed by atoms with van der Waals surface area (Å²) < 4.78 is 0. The van der Waals surface area contributed by atoms with Gasteiger partial charge in [0, 0.05) is 17.1 Å². The second-order valence-electron chi connectivity index (χ2n) is 10.2. The van der Waals surface area contributed by atoms with Gasteiger partial charge in [-0.3, -0.25) is 0 Å². The topological polar surface area (TPSA) is 3.24 Å². The van der Waals surface area contributed by atoms with Gasteiger partial charge in [0.2, 0.25) is 0 Å². The van der Waals surface area contributed by atoms with Crippen molar-refractivity contribution < 1.29 is 17.1 Å². The number of hydrogen-bond donors (Lipinski definition) is 0. The molecular formula is C38H37FeNP2-6. The van der Waals surface area contributed by atoms with Gasteiger partial charge in [0.15, 0.2) is 0 Å². The Kier molecular flexibility index (Phi) is 12.1. The maximum absolute atomic E-state index is 2.31. The number of benzene rings is 4. The van der Waals surface area contributed by atoms with Gasteiger partial charge in [-0.2, -0.15) is 6.07 Å². The third-order valence-electron chi connectivity index (χ3n) is 7.25. The van der Waals surface area contributed by atoms with E-state index in [0.29, 0.717) is 6.04 Å². The normalized spacial score (nSPS) is 11.6. The van der Waals surface area contributed by atoms with E-state index in [9.17, 15) is 0 Å². The molecule has 4 heteroatoms. The van der Waals surface area contributed by atoms with Crippen LogP contribution in [0.2, 0.25) is 0 Å². The van der Waals surface area contributed by atoms with Gasteiger partial charge in [-0.15, -0.1) is 10.9 Å². The smallest absolute Gasteiger partial charge is 0 e. The Hall–Kier alpha value is -3.08. The molecule has 1 atom stereocenters. The van der Waals surface area contributed by atoms with E-state index in [2.05, 4.69) is 190 Å². The van der Waals surface area contributed by atoms with Crippen LogP contribution in [-0.2, 0) is 17.1 Å². The molecule has 0 heterocycles. The van der Waals surface area contributed by atoms with Gasteiger partial charge in [-0.25, -0.2) is 20.1 Å². The van der Waals surface area contributed by atoms with E-state index < -0.39 is 15.8 Å². The van der Waals surface area contributed by atoms with E-state index in [-0.39, 0.29) is 17.1 Å². The third kappa shape index (κ3) is 7.85. The van der Waals surface area contributed by atoms with Crippen molar-refractivity contribution in [1.29, 1.82) is 0 Å². The summed E-state index contributed by atoms with van der Waals surface area (Å²) in [5, 5.41) is 8.52. The second kappa shape index (κ2) is 16.0. The van der Waals surface area contributed by atoms with Crippen LogP contribution >= 0.6 is 15.8 Å². The van der Waals surface area contributed by atoms with Crippen molar-refractivity contribution in [1.82, 2.24) is 4.90 Å². The molecule has 0 spiro atoms. The van der Waals surface area contributed by atoms with Crippen LogP contribution in [0.15, 0.2) is 164 Å². The van der Waals surface area contributed by atoms with E-state index in [1.807, 2.05) is 0 Å². The summed E-state index contributed by atoms with van der Waals surface area (Å²) in [6, 6.07) is 59.3. The zero-order chi connectivity index (χ0) is 28.4. The van der Waals surface area contributed by atoms with Gasteiger partial charge < -0.3 is 34.5 Å². The number of rotatable bonds is 8. The molecule has 6 rings (SSSR count). The van der Waals surface area contributed by atoms with E-state index in [0.717, 1.165) is 0 Å². The van der Waals surface area contributed by atoms with Crippen molar-refractivity contribution in [2.75, 3.05) is 14.1 Å². The monoisotopic (exact) mass is 625 g/mol. The maximum atomic E-state index is 2.31. The Morgan fingerprint density at radius 1 is 0.571 bits per heavy atom. The minimum atomic E-state index is -0.514. The average molecular weight is 626 g/mol. The predicted molar refractivity (Wildman–Crippen MR) is 184 cm³/mol. The summed E-state index contributed by atoms with van der Waals surface area (Å²) in [6.07, 6.45) is 0. The summed E-state index contributed by atoms with van der Waals surface area (Å²) in [5.74, 6) is 0. The minimum Gasteiger partial charge on any atom is -0.747 e. The Labute approximate surface area is 265 Å². The average Bonchev–Trinajstić information content (AvgIpc) is 3.73. The first kappa shape index (κ1) is 31.8. The van der Waals surface area contributed by atoms with Crippen LogP contribution in [0.1, 0.15) is 18.5 Å². The zero-order valence-corrected chi connectivity index (χ0v) is 27.3. The molecule has 0 aliphatic rings. The number of hydrogen-bond acceptors (Lipinski definition) is 1. The van der Waals surface area contributed by atoms with Crippen LogP contribution in [0, 0.1) is 0 Å². The molecule has 6 aromatic rings. The quantitative estimate of drug-likeness (QED) is 0.101. The first-order valence-corrected chi connectivity index (χ1v) is 16.8. The standard InChI is InChI=1S/C21H23NP.C17H14P.Fe/c1-17(22(2)3)20-15-10-16-21(20)23(18-11-6-4-7-12-18)19-13-8-5-9-14-19;1-3-9-15(10-4-1)18(17-13-7-8-14-17)16-11-5-2-6-12-16;/h4-17H,1-3H3;1-14H;/q-1;-5;. The van der Waals surface area contributed by atoms with Crippen molar-refractivity contribution in [3.05, 3.63) is 169 Å². The first-order valence-electron chi connectivity index (χ1n) is 14.1. The molecular weight excluding hydrogens is 588 g/mol. The first-order chi connectivity index (χ1) is 20.1. The van der Waals surface area contributed by atoms with Crippen LogP contribution in [0.4, 0.5) is 0 Å². The molecule has 6 aromatic carbocycles. The molecule has 0 aromatic heterocycles. The molecule has 42 heavy (non-hydrogen) atoms. The summed E-state index contributed by atoms with van der Waals surface area (Å²) in [5.41, 5.74) is 1.44. The molecule has 218 valence electrons. The van der Waals surface area contributed by atoms with Gasteiger partial charge in [0.05, 0.1) is 0 Å². The summed E-state index contributed by atoms with van der Waals surface area (Å²) in [4.78, 5) is 2.28. The fourth-order valence-corrected chi connectivity index (χ4v) is 9.81. The molecule has 1 nitrogen and oxygen atoms in total. The van der Waals surface area contributed by atoms with E-state index >= 15 is 0 Å². The summed E-state index contributed by atoms with van der Waals surface area (Å²) in [7, 11) is 3.37. The van der Waals surface area contributed by atoms with Crippen molar-refractivity contribution in [3.8, 4) is 0 Å². The van der Waals surface area contributed by atoms with Crippen molar-refractivity contribution in [2.24, 2.45) is 0 Å². The molecule has 0 saturated heterocycles. The second-order valence-corrected chi connectivity index (χ2v) is 14.6. The molecule has 0 saturated carbocycles. The Balaban J connectivity index is 0.000000193. The number of nitrogens with zero attached hydrogens (tertiary/aromatic N) is 1. The van der Waals surface area contributed by atoms with Crippen LogP contribution in [-0.4, -0.2) is 19.0 Å². The van der Waals surface area contributed by atoms with Crippen molar-refractivity contribution >= 4 is 47.7 Å². The maximum Gasteiger partial charge on any atom is 0 e. The van der Waals surface area contributed by atoms with Gasteiger partial charge in [0.1, 0.15) is 0 Å². The van der Waals surface area contributed by atoms with Crippen LogP contribution < -0.4 is 31.8 Å². The van der Waals surface area contributed by atoms with Gasteiger partial charge >= 0.3 is 0 Å². The fraction of sp³-hybridized carbons (Fsp3) is 0.105. The largest absolute Gasteiger partial charge is 0.747 e. The third-order valence-corrected chi connectivity index (χ3v) is 12.2. The van der Waals surface area contributed by atoms with Crippen LogP contribution in [0.3, 0.4) is 0 Å². The predicted octanol–water partition coefficient (Wildman–Crippen LogP) is 6.95. The molecule has 0 radical (unpaired) electrons.